The third-order valence-corrected chi connectivity index (χ3v) is 5.23. The Morgan fingerprint density at radius 1 is 0.882 bits per heavy atom. The molecule has 6 nitrogen and oxygen atoms in total. The third kappa shape index (κ3) is 8.61. The van der Waals surface area contributed by atoms with Crippen LogP contribution in [0.4, 0.5) is 0 Å². The van der Waals surface area contributed by atoms with Crippen molar-refractivity contribution in [1.29, 1.82) is 0 Å². The summed E-state index contributed by atoms with van der Waals surface area (Å²) in [7, 11) is 0. The Morgan fingerprint density at radius 3 is 2.47 bits per heavy atom. The van der Waals surface area contributed by atoms with Crippen molar-refractivity contribution >= 4 is 48.0 Å². The lowest BCUT2D eigenvalue weighted by Crippen LogP contribution is -2.28. The van der Waals surface area contributed by atoms with Crippen LogP contribution in [0.1, 0.15) is 17.5 Å². The molecular formula is C25H29Cl3N4O2. The van der Waals surface area contributed by atoms with E-state index in [0.29, 0.717) is 12.0 Å². The molecule has 0 aliphatic rings. The van der Waals surface area contributed by atoms with Gasteiger partial charge in [0.25, 0.3) is 5.56 Å². The van der Waals surface area contributed by atoms with E-state index in [2.05, 4.69) is 38.1 Å². The first-order valence-electron chi connectivity index (χ1n) is 10.5. The molecule has 0 aliphatic carbocycles. The van der Waals surface area contributed by atoms with Crippen molar-refractivity contribution < 1.29 is 4.74 Å². The molecule has 0 saturated carbocycles. The number of aromatic amines is 1. The number of nitrogens with zero attached hydrogens (tertiary/aromatic N) is 3. The zero-order chi connectivity index (χ0) is 21.3. The van der Waals surface area contributed by atoms with E-state index in [1.165, 1.54) is 11.1 Å². The van der Waals surface area contributed by atoms with Crippen LogP contribution in [0.5, 0.6) is 5.75 Å². The first-order chi connectivity index (χ1) is 15.3. The van der Waals surface area contributed by atoms with Crippen molar-refractivity contribution in [3.63, 3.8) is 0 Å². The van der Waals surface area contributed by atoms with E-state index < -0.39 is 0 Å². The molecule has 9 heteroatoms. The highest BCUT2D eigenvalue weighted by Gasteiger charge is 2.08. The van der Waals surface area contributed by atoms with Gasteiger partial charge >= 0.3 is 0 Å². The van der Waals surface area contributed by atoms with Crippen molar-refractivity contribution in [3.05, 3.63) is 101 Å². The average Bonchev–Trinajstić information content (AvgIpc) is 2.82. The van der Waals surface area contributed by atoms with Crippen LogP contribution in [0.25, 0.3) is 10.8 Å². The molecule has 0 radical (unpaired) electrons. The number of rotatable bonds is 10. The fourth-order valence-electron chi connectivity index (χ4n) is 3.58. The molecule has 0 unspecified atom stereocenters. The number of aromatic nitrogens is 3. The van der Waals surface area contributed by atoms with Crippen LogP contribution in [-0.2, 0) is 13.0 Å². The molecule has 1 N–H and O–H groups in total. The second-order valence-electron chi connectivity index (χ2n) is 7.50. The van der Waals surface area contributed by atoms with E-state index in [1.807, 2.05) is 48.9 Å². The fourth-order valence-corrected chi connectivity index (χ4v) is 3.58. The van der Waals surface area contributed by atoms with Crippen LogP contribution < -0.4 is 10.3 Å². The minimum atomic E-state index is -0.0955. The van der Waals surface area contributed by atoms with Gasteiger partial charge in [0.1, 0.15) is 5.75 Å². The van der Waals surface area contributed by atoms with Crippen molar-refractivity contribution in [2.24, 2.45) is 0 Å². The van der Waals surface area contributed by atoms with E-state index in [0.717, 1.165) is 43.6 Å². The summed E-state index contributed by atoms with van der Waals surface area (Å²) in [5, 5.41) is 1.56. The summed E-state index contributed by atoms with van der Waals surface area (Å²) in [4.78, 5) is 25.4. The van der Waals surface area contributed by atoms with Gasteiger partial charge in [-0.3, -0.25) is 19.7 Å². The standard InChI is InChI=1S/C25H26N4O2.3ClH/c30-25-24-17-23(5-4-22(24)8-13-28-25)31-16-2-14-29(19-21-6-11-26-12-7-21)15-9-20-3-1-10-27-18-20;;;/h1,3-8,10-13,17-18H,2,9,14-16,19H2,(H,28,30);3*1H. The summed E-state index contributed by atoms with van der Waals surface area (Å²) in [6.07, 6.45) is 10.9. The van der Waals surface area contributed by atoms with Crippen LogP contribution in [-0.4, -0.2) is 39.5 Å². The van der Waals surface area contributed by atoms with Gasteiger partial charge in [-0.15, -0.1) is 37.2 Å². The number of nitrogens with one attached hydrogen (secondary N) is 1. The fraction of sp³-hybridized carbons (Fsp3) is 0.240. The summed E-state index contributed by atoms with van der Waals surface area (Å²) in [5.41, 5.74) is 2.39. The summed E-state index contributed by atoms with van der Waals surface area (Å²) in [6.45, 7) is 3.32. The number of fused-ring (bicyclic) bond motifs is 1. The Balaban J connectivity index is 0.00000193. The van der Waals surface area contributed by atoms with Crippen LogP contribution in [0, 0.1) is 0 Å². The molecule has 1 aromatic carbocycles. The van der Waals surface area contributed by atoms with Gasteiger partial charge in [-0.1, -0.05) is 12.1 Å². The Labute approximate surface area is 218 Å². The SMILES string of the molecule is Cl.Cl.Cl.O=c1[nH]ccc2ccc(OCCCN(CCc3cccnc3)Cc3ccncc3)cc12. The Morgan fingerprint density at radius 2 is 1.71 bits per heavy atom. The molecule has 0 aliphatic heterocycles. The van der Waals surface area contributed by atoms with Crippen LogP contribution in [0.3, 0.4) is 0 Å². The van der Waals surface area contributed by atoms with Crippen molar-refractivity contribution in [1.82, 2.24) is 19.9 Å². The molecule has 0 bridgehead atoms. The second-order valence-corrected chi connectivity index (χ2v) is 7.50. The minimum Gasteiger partial charge on any atom is -0.494 e. The molecule has 34 heavy (non-hydrogen) atoms. The van der Waals surface area contributed by atoms with E-state index in [-0.39, 0.29) is 42.8 Å². The average molecular weight is 524 g/mol. The normalized spacial score (nSPS) is 10.1. The van der Waals surface area contributed by atoms with Crippen LogP contribution >= 0.6 is 37.2 Å². The van der Waals surface area contributed by atoms with Gasteiger partial charge in [0.15, 0.2) is 0 Å². The molecule has 0 fully saturated rings. The van der Waals surface area contributed by atoms with Crippen molar-refractivity contribution in [2.75, 3.05) is 19.7 Å². The molecular weight excluding hydrogens is 495 g/mol. The first-order valence-corrected chi connectivity index (χ1v) is 10.5. The maximum atomic E-state index is 12.0. The van der Waals surface area contributed by atoms with Gasteiger partial charge in [-0.2, -0.15) is 0 Å². The topological polar surface area (TPSA) is 71.1 Å². The predicted molar refractivity (Wildman–Crippen MR) is 144 cm³/mol. The highest BCUT2D eigenvalue weighted by atomic mass is 35.5. The zero-order valence-electron chi connectivity index (χ0n) is 18.6. The molecule has 0 spiro atoms. The van der Waals surface area contributed by atoms with E-state index in [4.69, 9.17) is 4.74 Å². The third-order valence-electron chi connectivity index (χ3n) is 5.23. The number of hydrogen-bond acceptors (Lipinski definition) is 5. The van der Waals surface area contributed by atoms with E-state index >= 15 is 0 Å². The summed E-state index contributed by atoms with van der Waals surface area (Å²) in [6, 6.07) is 15.7. The maximum Gasteiger partial charge on any atom is 0.255 e. The number of halogens is 3. The smallest absolute Gasteiger partial charge is 0.255 e. The second kappa shape index (κ2) is 15.3. The van der Waals surface area contributed by atoms with Gasteiger partial charge in [0, 0.05) is 50.6 Å². The minimum absolute atomic E-state index is 0. The zero-order valence-corrected chi connectivity index (χ0v) is 21.1. The number of hydrogen-bond donors (Lipinski definition) is 1. The molecule has 4 aromatic rings. The van der Waals surface area contributed by atoms with Gasteiger partial charge in [0.2, 0.25) is 0 Å². The summed E-state index contributed by atoms with van der Waals surface area (Å²) < 4.78 is 5.93. The van der Waals surface area contributed by atoms with Gasteiger partial charge in [-0.25, -0.2) is 0 Å². The Hall–Kier alpha value is -2.64. The van der Waals surface area contributed by atoms with Crippen molar-refractivity contribution in [2.45, 2.75) is 19.4 Å². The number of benzene rings is 1. The number of pyridine rings is 3. The summed E-state index contributed by atoms with van der Waals surface area (Å²) >= 11 is 0. The monoisotopic (exact) mass is 522 g/mol. The molecule has 4 rings (SSSR count). The number of H-pyrrole nitrogens is 1. The lowest BCUT2D eigenvalue weighted by atomic mass is 10.1. The Kier molecular flexibility index (Phi) is 13.2. The van der Waals surface area contributed by atoms with Gasteiger partial charge in [-0.05, 0) is 65.8 Å². The quantitative estimate of drug-likeness (QED) is 0.293. The molecule has 0 amide bonds. The Bertz CT molecular complexity index is 1160. The molecule has 182 valence electrons. The van der Waals surface area contributed by atoms with Crippen molar-refractivity contribution in [3.8, 4) is 5.75 Å². The highest BCUT2D eigenvalue weighted by Crippen LogP contribution is 2.18. The van der Waals surface area contributed by atoms with Crippen LogP contribution in [0.15, 0.2) is 84.3 Å². The van der Waals surface area contributed by atoms with Gasteiger partial charge in [0.05, 0.1) is 12.0 Å². The molecule has 3 aromatic heterocycles. The molecule has 0 atom stereocenters. The lowest BCUT2D eigenvalue weighted by Gasteiger charge is -2.22. The van der Waals surface area contributed by atoms with E-state index in [1.54, 1.807) is 12.4 Å². The molecule has 3 heterocycles. The van der Waals surface area contributed by atoms with Crippen LogP contribution in [0.2, 0.25) is 0 Å². The summed E-state index contributed by atoms with van der Waals surface area (Å²) in [5.74, 6) is 0.722. The highest BCUT2D eigenvalue weighted by molar-refractivity contribution is 5.86. The number of ether oxygens (including phenoxy) is 1. The largest absolute Gasteiger partial charge is 0.494 e. The maximum absolute atomic E-state index is 12.0. The lowest BCUT2D eigenvalue weighted by molar-refractivity contribution is 0.230. The van der Waals surface area contributed by atoms with E-state index in [9.17, 15) is 4.79 Å². The van der Waals surface area contributed by atoms with Gasteiger partial charge < -0.3 is 9.72 Å². The molecule has 0 saturated heterocycles. The predicted octanol–water partition coefficient (Wildman–Crippen LogP) is 5.10. The first kappa shape index (κ1) is 29.4.